The maximum Gasteiger partial charge on any atom is 0.161 e. The number of hydrogen-bond donors (Lipinski definition) is 1. The van der Waals surface area contributed by atoms with E-state index < -0.39 is 5.92 Å². The van der Waals surface area contributed by atoms with Crippen molar-refractivity contribution < 1.29 is 9.53 Å². The standard InChI is InChI=1S/C30H27ClN4O2/c1-18-13-20(17-37-23-10-8-21(31)9-11-23)19(2)24(14-18)28-25(15-32)30(33)35(22-5-4-12-34-16-22)26-6-3-7-27(36)29(26)28/h4-5,8-14,16,28H,3,6-7,17,33H2,1-2H3. The summed E-state index contributed by atoms with van der Waals surface area (Å²) < 4.78 is 6.05. The zero-order chi connectivity index (χ0) is 26.1. The van der Waals surface area contributed by atoms with Gasteiger partial charge in [-0.2, -0.15) is 5.26 Å². The van der Waals surface area contributed by atoms with Crippen molar-refractivity contribution in [2.45, 2.75) is 45.6 Å². The molecule has 2 N–H and O–H groups in total. The predicted octanol–water partition coefficient (Wildman–Crippen LogP) is 6.24. The Kier molecular flexibility index (Phi) is 6.73. The number of ether oxygens (including phenoxy) is 1. The monoisotopic (exact) mass is 510 g/mol. The summed E-state index contributed by atoms with van der Waals surface area (Å²) in [7, 11) is 0. The lowest BCUT2D eigenvalue weighted by Crippen LogP contribution is -2.39. The van der Waals surface area contributed by atoms with Gasteiger partial charge in [-0.15, -0.1) is 0 Å². The van der Waals surface area contributed by atoms with Crippen LogP contribution in [0.3, 0.4) is 0 Å². The number of carbonyl (C=O) groups is 1. The van der Waals surface area contributed by atoms with Gasteiger partial charge in [0.15, 0.2) is 5.78 Å². The van der Waals surface area contributed by atoms with Crippen LogP contribution in [0.2, 0.25) is 5.02 Å². The second kappa shape index (κ2) is 10.1. The number of rotatable bonds is 5. The second-order valence-electron chi connectivity index (χ2n) is 9.41. The molecule has 0 fully saturated rings. The molecule has 37 heavy (non-hydrogen) atoms. The molecule has 1 aromatic heterocycles. The number of pyridine rings is 1. The Morgan fingerprint density at radius 2 is 1.97 bits per heavy atom. The van der Waals surface area contributed by atoms with Gasteiger partial charge in [-0.05, 0) is 79.8 Å². The SMILES string of the molecule is Cc1cc(COc2ccc(Cl)cc2)c(C)c(C2C(C#N)=C(N)N(c3cccnc3)C3=C2C(=O)CCC3)c1. The lowest BCUT2D eigenvalue weighted by atomic mass is 9.73. The third-order valence-electron chi connectivity index (χ3n) is 7.04. The number of ketones is 1. The Hall–Kier alpha value is -4.08. The van der Waals surface area contributed by atoms with E-state index in [-0.39, 0.29) is 5.78 Å². The van der Waals surface area contributed by atoms with E-state index in [9.17, 15) is 10.1 Å². The van der Waals surface area contributed by atoms with Crippen LogP contribution in [0, 0.1) is 25.2 Å². The minimum Gasteiger partial charge on any atom is -0.489 e. The largest absolute Gasteiger partial charge is 0.489 e. The fraction of sp³-hybridized carbons (Fsp3) is 0.233. The second-order valence-corrected chi connectivity index (χ2v) is 9.84. The maximum atomic E-state index is 13.5. The molecule has 2 heterocycles. The molecule has 0 saturated heterocycles. The summed E-state index contributed by atoms with van der Waals surface area (Å²) >= 11 is 6.00. The number of nitriles is 1. The van der Waals surface area contributed by atoms with Gasteiger partial charge in [0, 0.05) is 28.9 Å². The molecule has 0 bridgehead atoms. The molecule has 1 unspecified atom stereocenters. The highest BCUT2D eigenvalue weighted by Gasteiger charge is 2.41. The molecule has 7 heteroatoms. The molecular formula is C30H27ClN4O2. The molecule has 0 spiro atoms. The van der Waals surface area contributed by atoms with Gasteiger partial charge in [0.2, 0.25) is 0 Å². The summed E-state index contributed by atoms with van der Waals surface area (Å²) in [6, 6.07) is 17.4. The first kappa shape index (κ1) is 24.6. The average Bonchev–Trinajstić information content (AvgIpc) is 2.90. The molecule has 2 aromatic carbocycles. The number of Topliss-reactive ketones (excluding diaryl/α,β-unsaturated/α-hetero) is 1. The zero-order valence-corrected chi connectivity index (χ0v) is 21.5. The van der Waals surface area contributed by atoms with E-state index in [4.69, 9.17) is 22.1 Å². The lowest BCUT2D eigenvalue weighted by molar-refractivity contribution is -0.116. The number of nitrogens with two attached hydrogens (primary N) is 1. The maximum absolute atomic E-state index is 13.5. The summed E-state index contributed by atoms with van der Waals surface area (Å²) in [5.74, 6) is 0.579. The minimum atomic E-state index is -0.532. The Labute approximate surface area is 221 Å². The molecule has 0 radical (unpaired) electrons. The molecule has 5 rings (SSSR count). The number of carbonyl (C=O) groups excluding carboxylic acids is 1. The highest BCUT2D eigenvalue weighted by molar-refractivity contribution is 6.30. The number of allylic oxidation sites excluding steroid dienone is 3. The van der Waals surface area contributed by atoms with Crippen molar-refractivity contribution in [2.75, 3.05) is 4.90 Å². The van der Waals surface area contributed by atoms with Crippen molar-refractivity contribution >= 4 is 23.1 Å². The Morgan fingerprint density at radius 1 is 1.19 bits per heavy atom. The quantitative estimate of drug-likeness (QED) is 0.437. The minimum absolute atomic E-state index is 0.0558. The smallest absolute Gasteiger partial charge is 0.161 e. The highest BCUT2D eigenvalue weighted by atomic mass is 35.5. The Balaban J connectivity index is 1.62. The molecule has 186 valence electrons. The molecule has 1 aliphatic heterocycles. The normalized spacial score (nSPS) is 17.5. The molecule has 3 aromatic rings. The predicted molar refractivity (Wildman–Crippen MR) is 144 cm³/mol. The van der Waals surface area contributed by atoms with E-state index in [1.165, 1.54) is 0 Å². The van der Waals surface area contributed by atoms with Gasteiger partial charge in [-0.25, -0.2) is 0 Å². The van der Waals surface area contributed by atoms with Crippen LogP contribution in [-0.2, 0) is 11.4 Å². The highest BCUT2D eigenvalue weighted by Crippen LogP contribution is 2.47. The third kappa shape index (κ3) is 4.59. The number of aryl methyl sites for hydroxylation is 1. The van der Waals surface area contributed by atoms with E-state index >= 15 is 0 Å². The number of anilines is 1. The summed E-state index contributed by atoms with van der Waals surface area (Å²) in [6.07, 6.45) is 5.28. The number of nitrogens with zero attached hydrogens (tertiary/aromatic N) is 3. The molecule has 1 atom stereocenters. The van der Waals surface area contributed by atoms with Gasteiger partial charge in [0.05, 0.1) is 29.4 Å². The van der Waals surface area contributed by atoms with Gasteiger partial charge in [-0.3, -0.25) is 14.7 Å². The molecular weight excluding hydrogens is 484 g/mol. The van der Waals surface area contributed by atoms with E-state index in [0.29, 0.717) is 47.2 Å². The topological polar surface area (TPSA) is 92.2 Å². The molecule has 0 saturated carbocycles. The molecule has 6 nitrogen and oxygen atoms in total. The van der Waals surface area contributed by atoms with Crippen molar-refractivity contribution in [1.82, 2.24) is 4.98 Å². The van der Waals surface area contributed by atoms with Crippen LogP contribution in [0.4, 0.5) is 5.69 Å². The first-order valence-corrected chi connectivity index (χ1v) is 12.6. The number of aromatic nitrogens is 1. The third-order valence-corrected chi connectivity index (χ3v) is 7.29. The van der Waals surface area contributed by atoms with E-state index in [0.717, 1.165) is 40.1 Å². The van der Waals surface area contributed by atoms with E-state index in [1.807, 2.05) is 43.0 Å². The summed E-state index contributed by atoms with van der Waals surface area (Å²) in [4.78, 5) is 19.5. The Morgan fingerprint density at radius 3 is 2.68 bits per heavy atom. The van der Waals surface area contributed by atoms with Crippen molar-refractivity contribution in [3.05, 3.63) is 111 Å². The summed E-state index contributed by atoms with van der Waals surface area (Å²) in [6.45, 7) is 4.37. The van der Waals surface area contributed by atoms with Gasteiger partial charge < -0.3 is 10.5 Å². The first-order valence-electron chi connectivity index (χ1n) is 12.2. The molecule has 2 aliphatic rings. The van der Waals surface area contributed by atoms with Gasteiger partial charge in [0.1, 0.15) is 18.2 Å². The summed E-state index contributed by atoms with van der Waals surface area (Å²) in [5.41, 5.74) is 13.2. The number of halogens is 1. The van der Waals surface area contributed by atoms with Crippen molar-refractivity contribution in [3.63, 3.8) is 0 Å². The average molecular weight is 511 g/mol. The van der Waals surface area contributed by atoms with Crippen LogP contribution in [0.25, 0.3) is 0 Å². The van der Waals surface area contributed by atoms with Crippen molar-refractivity contribution in [2.24, 2.45) is 5.73 Å². The summed E-state index contributed by atoms with van der Waals surface area (Å²) in [5, 5.41) is 11.0. The number of benzene rings is 2. The fourth-order valence-electron chi connectivity index (χ4n) is 5.28. The fourth-order valence-corrected chi connectivity index (χ4v) is 5.41. The van der Waals surface area contributed by atoms with Crippen molar-refractivity contribution in [1.29, 1.82) is 5.26 Å². The van der Waals surface area contributed by atoms with Crippen LogP contribution in [0.1, 0.15) is 47.4 Å². The van der Waals surface area contributed by atoms with Crippen LogP contribution >= 0.6 is 11.6 Å². The van der Waals surface area contributed by atoms with Crippen LogP contribution in [0.5, 0.6) is 5.75 Å². The van der Waals surface area contributed by atoms with Crippen molar-refractivity contribution in [3.8, 4) is 11.8 Å². The number of hydrogen-bond acceptors (Lipinski definition) is 6. The van der Waals surface area contributed by atoms with Gasteiger partial charge >= 0.3 is 0 Å². The van der Waals surface area contributed by atoms with E-state index in [2.05, 4.69) is 23.2 Å². The molecule has 1 aliphatic carbocycles. The lowest BCUT2D eigenvalue weighted by Gasteiger charge is -2.40. The molecule has 0 amide bonds. The Bertz CT molecular complexity index is 1470. The van der Waals surface area contributed by atoms with Crippen LogP contribution in [-0.4, -0.2) is 10.8 Å². The van der Waals surface area contributed by atoms with Gasteiger partial charge in [0.25, 0.3) is 0 Å². The van der Waals surface area contributed by atoms with E-state index in [1.54, 1.807) is 24.5 Å². The van der Waals surface area contributed by atoms with Crippen LogP contribution in [0.15, 0.2) is 83.6 Å². The zero-order valence-electron chi connectivity index (χ0n) is 20.8. The van der Waals surface area contributed by atoms with Gasteiger partial charge in [-0.1, -0.05) is 29.3 Å². The van der Waals surface area contributed by atoms with Crippen LogP contribution < -0.4 is 15.4 Å². The first-order chi connectivity index (χ1) is 17.9.